The molecule has 0 atom stereocenters. The highest BCUT2D eigenvalue weighted by Gasteiger charge is 2.15. The molecule has 0 saturated carbocycles. The van der Waals surface area contributed by atoms with Gasteiger partial charge in [0.1, 0.15) is 6.61 Å². The van der Waals surface area contributed by atoms with Crippen LogP contribution in [0.5, 0.6) is 0 Å². The lowest BCUT2D eigenvalue weighted by atomic mass is 9.87. The van der Waals surface area contributed by atoms with Gasteiger partial charge in [-0.25, -0.2) is 4.79 Å². The average Bonchev–Trinajstić information content (AvgIpc) is 2.96. The van der Waals surface area contributed by atoms with E-state index in [2.05, 4.69) is 37.9 Å². The monoisotopic (exact) mass is 307 g/mol. The second-order valence-electron chi connectivity index (χ2n) is 6.77. The van der Waals surface area contributed by atoms with Crippen LogP contribution in [0.15, 0.2) is 54.7 Å². The van der Waals surface area contributed by atoms with E-state index < -0.39 is 0 Å². The van der Waals surface area contributed by atoms with Crippen LogP contribution in [0.25, 0.3) is 10.9 Å². The highest BCUT2D eigenvalue weighted by atomic mass is 16.5. The Morgan fingerprint density at radius 2 is 1.74 bits per heavy atom. The lowest BCUT2D eigenvalue weighted by Crippen LogP contribution is -2.11. The van der Waals surface area contributed by atoms with Gasteiger partial charge >= 0.3 is 5.97 Å². The predicted molar refractivity (Wildman–Crippen MR) is 92.6 cm³/mol. The fourth-order valence-corrected chi connectivity index (χ4v) is 2.57. The van der Waals surface area contributed by atoms with Crippen molar-refractivity contribution >= 4 is 16.9 Å². The van der Waals surface area contributed by atoms with Crippen LogP contribution < -0.4 is 0 Å². The standard InChI is InChI=1S/C20H21NO2/c1-20(2,3)15-10-8-14(9-11-15)13-23-19(22)17-12-21-18-7-5-4-6-16(17)18/h4-12,21H,13H2,1-3H3. The van der Waals surface area contributed by atoms with Gasteiger partial charge in [0.2, 0.25) is 0 Å². The van der Waals surface area contributed by atoms with Gasteiger partial charge in [-0.05, 0) is 22.6 Å². The molecule has 118 valence electrons. The van der Waals surface area contributed by atoms with Gasteiger partial charge in [-0.2, -0.15) is 0 Å². The number of nitrogens with one attached hydrogen (secondary N) is 1. The van der Waals surface area contributed by atoms with Crippen LogP contribution in [-0.2, 0) is 16.8 Å². The van der Waals surface area contributed by atoms with Crippen LogP contribution in [0.4, 0.5) is 0 Å². The third-order valence-corrected chi connectivity index (χ3v) is 4.00. The molecule has 0 spiro atoms. The fourth-order valence-electron chi connectivity index (χ4n) is 2.57. The third-order valence-electron chi connectivity index (χ3n) is 4.00. The molecule has 0 aliphatic heterocycles. The van der Waals surface area contributed by atoms with E-state index in [1.165, 1.54) is 5.56 Å². The van der Waals surface area contributed by atoms with Gasteiger partial charge in [0.25, 0.3) is 0 Å². The summed E-state index contributed by atoms with van der Waals surface area (Å²) in [5.41, 5.74) is 3.90. The summed E-state index contributed by atoms with van der Waals surface area (Å²) in [6, 6.07) is 15.9. The van der Waals surface area contributed by atoms with Crippen molar-refractivity contribution in [1.82, 2.24) is 4.98 Å². The first kappa shape index (κ1) is 15.3. The molecule has 1 heterocycles. The minimum Gasteiger partial charge on any atom is -0.457 e. The Morgan fingerprint density at radius 1 is 1.04 bits per heavy atom. The first-order valence-corrected chi connectivity index (χ1v) is 7.78. The van der Waals surface area contributed by atoms with E-state index in [1.54, 1.807) is 6.20 Å². The zero-order chi connectivity index (χ0) is 16.4. The van der Waals surface area contributed by atoms with E-state index in [0.717, 1.165) is 16.5 Å². The van der Waals surface area contributed by atoms with Gasteiger partial charge in [0, 0.05) is 17.1 Å². The van der Waals surface area contributed by atoms with Crippen LogP contribution in [0.3, 0.4) is 0 Å². The summed E-state index contributed by atoms with van der Waals surface area (Å²) >= 11 is 0. The molecule has 3 aromatic rings. The minimum absolute atomic E-state index is 0.124. The number of benzene rings is 2. The minimum atomic E-state index is -0.303. The average molecular weight is 307 g/mol. The maximum absolute atomic E-state index is 12.3. The number of hydrogen-bond donors (Lipinski definition) is 1. The van der Waals surface area contributed by atoms with E-state index in [4.69, 9.17) is 4.74 Å². The van der Waals surface area contributed by atoms with Gasteiger partial charge in [-0.15, -0.1) is 0 Å². The van der Waals surface area contributed by atoms with Crippen LogP contribution in [0.1, 0.15) is 42.3 Å². The Morgan fingerprint density at radius 3 is 2.43 bits per heavy atom. The second-order valence-corrected chi connectivity index (χ2v) is 6.77. The Hall–Kier alpha value is -2.55. The number of hydrogen-bond acceptors (Lipinski definition) is 2. The molecular formula is C20H21NO2. The predicted octanol–water partition coefficient (Wildman–Crippen LogP) is 4.82. The zero-order valence-electron chi connectivity index (χ0n) is 13.7. The van der Waals surface area contributed by atoms with Gasteiger partial charge < -0.3 is 9.72 Å². The van der Waals surface area contributed by atoms with Gasteiger partial charge in [0.15, 0.2) is 0 Å². The van der Waals surface area contributed by atoms with Gasteiger partial charge in [0.05, 0.1) is 5.56 Å². The Labute approximate surface area is 136 Å². The smallest absolute Gasteiger partial charge is 0.340 e. The number of para-hydroxylation sites is 1. The molecule has 3 heteroatoms. The molecule has 0 fully saturated rings. The van der Waals surface area contributed by atoms with Crippen LogP contribution in [-0.4, -0.2) is 11.0 Å². The molecule has 0 aliphatic rings. The molecule has 2 aromatic carbocycles. The van der Waals surface area contributed by atoms with Gasteiger partial charge in [-0.3, -0.25) is 0 Å². The van der Waals surface area contributed by atoms with Crippen molar-refractivity contribution < 1.29 is 9.53 Å². The molecule has 1 N–H and O–H groups in total. The molecule has 0 bridgehead atoms. The normalized spacial score (nSPS) is 11.6. The zero-order valence-corrected chi connectivity index (χ0v) is 13.7. The van der Waals surface area contributed by atoms with Crippen LogP contribution in [0, 0.1) is 0 Å². The summed E-state index contributed by atoms with van der Waals surface area (Å²) < 4.78 is 5.45. The number of carbonyl (C=O) groups is 1. The van der Waals surface area contributed by atoms with Gasteiger partial charge in [-0.1, -0.05) is 63.2 Å². The molecule has 0 unspecified atom stereocenters. The maximum Gasteiger partial charge on any atom is 0.340 e. The van der Waals surface area contributed by atoms with E-state index in [-0.39, 0.29) is 18.0 Å². The Balaban J connectivity index is 1.69. The number of aromatic nitrogens is 1. The maximum atomic E-state index is 12.3. The number of aromatic amines is 1. The van der Waals surface area contributed by atoms with Crippen molar-refractivity contribution in [3.63, 3.8) is 0 Å². The Kier molecular flexibility index (Phi) is 3.95. The van der Waals surface area contributed by atoms with Crippen molar-refractivity contribution in [2.75, 3.05) is 0 Å². The summed E-state index contributed by atoms with van der Waals surface area (Å²) in [6.45, 7) is 6.82. The first-order valence-electron chi connectivity index (χ1n) is 7.78. The SMILES string of the molecule is CC(C)(C)c1ccc(COC(=O)c2c[nH]c3ccccc23)cc1. The number of ether oxygens (including phenoxy) is 1. The summed E-state index contributed by atoms with van der Waals surface area (Å²) in [5, 5.41) is 0.889. The highest BCUT2D eigenvalue weighted by molar-refractivity contribution is 6.03. The molecule has 0 radical (unpaired) electrons. The highest BCUT2D eigenvalue weighted by Crippen LogP contribution is 2.23. The van der Waals surface area contributed by atoms with E-state index in [0.29, 0.717) is 5.56 Å². The van der Waals surface area contributed by atoms with E-state index in [9.17, 15) is 4.79 Å². The molecular weight excluding hydrogens is 286 g/mol. The van der Waals surface area contributed by atoms with Crippen LogP contribution >= 0.6 is 0 Å². The fraction of sp³-hybridized carbons (Fsp3) is 0.250. The molecule has 0 saturated heterocycles. The lowest BCUT2D eigenvalue weighted by Gasteiger charge is -2.19. The number of rotatable bonds is 3. The third kappa shape index (κ3) is 3.29. The van der Waals surface area contributed by atoms with Crippen LogP contribution in [0.2, 0.25) is 0 Å². The summed E-state index contributed by atoms with van der Waals surface area (Å²) in [4.78, 5) is 15.4. The molecule has 23 heavy (non-hydrogen) atoms. The summed E-state index contributed by atoms with van der Waals surface area (Å²) in [6.07, 6.45) is 1.70. The number of fused-ring (bicyclic) bond motifs is 1. The van der Waals surface area contributed by atoms with Crippen molar-refractivity contribution in [1.29, 1.82) is 0 Å². The number of esters is 1. The largest absolute Gasteiger partial charge is 0.457 e. The lowest BCUT2D eigenvalue weighted by molar-refractivity contribution is 0.0475. The van der Waals surface area contributed by atoms with Crippen molar-refractivity contribution in [2.45, 2.75) is 32.8 Å². The topological polar surface area (TPSA) is 42.1 Å². The summed E-state index contributed by atoms with van der Waals surface area (Å²) in [5.74, 6) is -0.303. The van der Waals surface area contributed by atoms with Crippen molar-refractivity contribution in [3.8, 4) is 0 Å². The van der Waals surface area contributed by atoms with Crippen molar-refractivity contribution in [3.05, 3.63) is 71.4 Å². The quantitative estimate of drug-likeness (QED) is 0.705. The molecule has 3 rings (SSSR count). The van der Waals surface area contributed by atoms with E-state index >= 15 is 0 Å². The molecule has 1 aromatic heterocycles. The van der Waals surface area contributed by atoms with E-state index in [1.807, 2.05) is 36.4 Å². The van der Waals surface area contributed by atoms with Crippen molar-refractivity contribution in [2.24, 2.45) is 0 Å². The molecule has 0 aliphatic carbocycles. The second kappa shape index (κ2) is 5.92. The molecule has 0 amide bonds. The number of H-pyrrole nitrogens is 1. The first-order chi connectivity index (χ1) is 10.9. The summed E-state index contributed by atoms with van der Waals surface area (Å²) in [7, 11) is 0. The molecule has 3 nitrogen and oxygen atoms in total. The number of carbonyl (C=O) groups excluding carboxylic acids is 1. The Bertz CT molecular complexity index is 823.